The molecule has 10 nitrogen and oxygen atoms in total. The summed E-state index contributed by atoms with van der Waals surface area (Å²) in [4.78, 5) is 27.2. The molecule has 2 heterocycles. The summed E-state index contributed by atoms with van der Waals surface area (Å²) in [5, 5.41) is 22.4. The molecular weight excluding hydrogens is 639 g/mol. The number of hydrogen-bond donors (Lipinski definition) is 2. The van der Waals surface area contributed by atoms with Crippen LogP contribution in [0.3, 0.4) is 0 Å². The van der Waals surface area contributed by atoms with Crippen molar-refractivity contribution >= 4 is 40.4 Å². The summed E-state index contributed by atoms with van der Waals surface area (Å²) in [5.74, 6) is -2.12. The van der Waals surface area contributed by atoms with E-state index in [-0.39, 0.29) is 38.8 Å². The van der Waals surface area contributed by atoms with E-state index in [1.807, 2.05) is 0 Å². The Bertz CT molecular complexity index is 1830. The third-order valence-electron chi connectivity index (χ3n) is 6.79. The standard InChI is InChI=1S/C27H26BrFN4O6S2/c1-30-22(34)19(23(35)31(2)26(30)40)18(20-24(36)32(3)27(41)33(4)25(20)37)14-10-16(28)21(17(11-14)38-5)39-12-13-6-8-15(29)9-7-13/h6-11,18,34,36H,12H2,1-5H3. The molecule has 4 rings (SSSR count). The average molecular weight is 666 g/mol. The lowest BCUT2D eigenvalue weighted by Gasteiger charge is -2.24. The van der Waals surface area contributed by atoms with Crippen LogP contribution in [0.25, 0.3) is 0 Å². The first kappa shape index (κ1) is 30.2. The first-order valence-electron chi connectivity index (χ1n) is 12.0. The Balaban J connectivity index is 2.02. The zero-order valence-corrected chi connectivity index (χ0v) is 25.9. The van der Waals surface area contributed by atoms with E-state index < -0.39 is 28.8 Å². The largest absolute Gasteiger partial charge is 0.494 e. The summed E-state index contributed by atoms with van der Waals surface area (Å²) >= 11 is 14.1. The summed E-state index contributed by atoms with van der Waals surface area (Å²) in [7, 11) is 7.25. The third-order valence-corrected chi connectivity index (χ3v) is 8.48. The van der Waals surface area contributed by atoms with Gasteiger partial charge in [-0.15, -0.1) is 0 Å². The predicted octanol–water partition coefficient (Wildman–Crippen LogP) is 4.30. The van der Waals surface area contributed by atoms with Crippen molar-refractivity contribution < 1.29 is 24.1 Å². The summed E-state index contributed by atoms with van der Waals surface area (Å²) in [6.07, 6.45) is 0. The molecule has 0 aliphatic carbocycles. The lowest BCUT2D eigenvalue weighted by atomic mass is 9.86. The Morgan fingerprint density at radius 2 is 1.37 bits per heavy atom. The SMILES string of the molecule is COc1cc(C(c2c(O)n(C)c(=S)n(C)c2=O)c2c(O)n(C)c(=S)n(C)c2=O)cc(Br)c1OCc1ccc(F)cc1. The molecule has 0 fully saturated rings. The second kappa shape index (κ2) is 11.6. The molecule has 2 aromatic heterocycles. The van der Waals surface area contributed by atoms with Crippen LogP contribution in [0.4, 0.5) is 4.39 Å². The number of rotatable bonds is 7. The predicted molar refractivity (Wildman–Crippen MR) is 159 cm³/mol. The normalized spacial score (nSPS) is 11.2. The van der Waals surface area contributed by atoms with Crippen molar-refractivity contribution in [1.29, 1.82) is 0 Å². The molecular formula is C27H26BrFN4O6S2. The van der Waals surface area contributed by atoms with Crippen molar-refractivity contribution in [2.45, 2.75) is 12.5 Å². The number of benzene rings is 2. The van der Waals surface area contributed by atoms with Gasteiger partial charge in [0.1, 0.15) is 12.4 Å². The zero-order valence-electron chi connectivity index (χ0n) is 22.6. The molecule has 14 heteroatoms. The van der Waals surface area contributed by atoms with Gasteiger partial charge in [-0.3, -0.25) is 27.9 Å². The van der Waals surface area contributed by atoms with Gasteiger partial charge in [0, 0.05) is 28.2 Å². The monoisotopic (exact) mass is 664 g/mol. The van der Waals surface area contributed by atoms with Gasteiger partial charge in [0.05, 0.1) is 28.6 Å². The van der Waals surface area contributed by atoms with Crippen LogP contribution < -0.4 is 20.6 Å². The van der Waals surface area contributed by atoms with Gasteiger partial charge in [-0.2, -0.15) is 0 Å². The highest BCUT2D eigenvalue weighted by molar-refractivity contribution is 9.10. The van der Waals surface area contributed by atoms with Crippen molar-refractivity contribution in [1.82, 2.24) is 18.3 Å². The van der Waals surface area contributed by atoms with Crippen LogP contribution in [-0.2, 0) is 34.8 Å². The molecule has 2 aromatic carbocycles. The number of ether oxygens (including phenoxy) is 2. The van der Waals surface area contributed by atoms with Gasteiger partial charge in [0.25, 0.3) is 11.1 Å². The van der Waals surface area contributed by atoms with E-state index in [1.165, 1.54) is 62.6 Å². The van der Waals surface area contributed by atoms with Gasteiger partial charge in [-0.05, 0) is 75.8 Å². The fourth-order valence-electron chi connectivity index (χ4n) is 4.48. The van der Waals surface area contributed by atoms with E-state index in [9.17, 15) is 24.2 Å². The molecule has 0 saturated carbocycles. The Kier molecular flexibility index (Phi) is 8.57. The van der Waals surface area contributed by atoms with E-state index in [2.05, 4.69) is 15.9 Å². The zero-order chi connectivity index (χ0) is 30.3. The number of aromatic nitrogens is 4. The molecule has 4 aromatic rings. The van der Waals surface area contributed by atoms with Gasteiger partial charge in [-0.25, -0.2) is 4.39 Å². The van der Waals surface area contributed by atoms with Gasteiger partial charge >= 0.3 is 0 Å². The minimum atomic E-state index is -1.30. The Morgan fingerprint density at radius 3 is 1.83 bits per heavy atom. The minimum absolute atomic E-state index is 0.0434. The Morgan fingerprint density at radius 1 is 0.878 bits per heavy atom. The van der Waals surface area contributed by atoms with Crippen molar-refractivity contribution in [3.63, 3.8) is 0 Å². The highest BCUT2D eigenvalue weighted by Crippen LogP contribution is 2.44. The second-order valence-corrected chi connectivity index (χ2v) is 10.9. The summed E-state index contributed by atoms with van der Waals surface area (Å²) in [6, 6.07) is 8.94. The Hall–Kier alpha value is -3.75. The van der Waals surface area contributed by atoms with Gasteiger partial charge in [0.15, 0.2) is 21.0 Å². The topological polar surface area (TPSA) is 113 Å². The molecule has 2 N–H and O–H groups in total. The van der Waals surface area contributed by atoms with Gasteiger partial charge in [0.2, 0.25) is 11.8 Å². The first-order valence-corrected chi connectivity index (χ1v) is 13.6. The molecule has 41 heavy (non-hydrogen) atoms. The molecule has 0 aliphatic rings. The number of nitrogens with zero attached hydrogens (tertiary/aromatic N) is 4. The maximum atomic E-state index is 13.6. The van der Waals surface area contributed by atoms with Crippen LogP contribution in [0.2, 0.25) is 0 Å². The quantitative estimate of drug-likeness (QED) is 0.281. The van der Waals surface area contributed by atoms with Crippen molar-refractivity contribution in [3.8, 4) is 23.3 Å². The van der Waals surface area contributed by atoms with Crippen LogP contribution in [0.1, 0.15) is 28.2 Å². The highest BCUT2D eigenvalue weighted by atomic mass is 79.9. The molecule has 0 spiro atoms. The molecule has 0 unspecified atom stereocenters. The van der Waals surface area contributed by atoms with Crippen LogP contribution in [-0.4, -0.2) is 35.6 Å². The maximum Gasteiger partial charge on any atom is 0.262 e. The summed E-state index contributed by atoms with van der Waals surface area (Å²) < 4.78 is 30.2. The minimum Gasteiger partial charge on any atom is -0.494 e. The number of hydrogen-bond acceptors (Lipinski definition) is 8. The summed E-state index contributed by atoms with van der Waals surface area (Å²) in [5.41, 5.74) is -0.749. The van der Waals surface area contributed by atoms with Crippen molar-refractivity contribution in [2.24, 2.45) is 28.2 Å². The molecule has 216 valence electrons. The van der Waals surface area contributed by atoms with E-state index in [1.54, 1.807) is 18.2 Å². The van der Waals surface area contributed by atoms with Crippen LogP contribution in [0, 0.1) is 15.4 Å². The molecule has 0 aliphatic heterocycles. The first-order chi connectivity index (χ1) is 19.3. The molecule has 0 saturated heterocycles. The highest BCUT2D eigenvalue weighted by Gasteiger charge is 2.33. The van der Waals surface area contributed by atoms with Crippen LogP contribution >= 0.6 is 40.4 Å². The smallest absolute Gasteiger partial charge is 0.262 e. The van der Waals surface area contributed by atoms with E-state index in [4.69, 9.17) is 33.9 Å². The van der Waals surface area contributed by atoms with Gasteiger partial charge < -0.3 is 19.7 Å². The lowest BCUT2D eigenvalue weighted by Crippen LogP contribution is -2.33. The van der Waals surface area contributed by atoms with E-state index in [0.29, 0.717) is 21.3 Å². The summed E-state index contributed by atoms with van der Waals surface area (Å²) in [6.45, 7) is 0.0902. The average Bonchev–Trinajstić information content (AvgIpc) is 2.96. The van der Waals surface area contributed by atoms with Crippen LogP contribution in [0.15, 0.2) is 50.5 Å². The molecule has 0 bridgehead atoms. The molecule has 0 atom stereocenters. The number of methoxy groups -OCH3 is 1. The third kappa shape index (κ3) is 5.34. The Labute approximate surface area is 252 Å². The van der Waals surface area contributed by atoms with E-state index in [0.717, 1.165) is 9.13 Å². The molecule has 0 amide bonds. The fraction of sp³-hybridized carbons (Fsp3) is 0.259. The molecule has 0 radical (unpaired) electrons. The van der Waals surface area contributed by atoms with Crippen molar-refractivity contribution in [2.75, 3.05) is 7.11 Å². The number of halogens is 2. The van der Waals surface area contributed by atoms with E-state index >= 15 is 0 Å². The fourth-order valence-corrected chi connectivity index (χ4v) is 5.40. The van der Waals surface area contributed by atoms with Crippen LogP contribution in [0.5, 0.6) is 23.3 Å². The van der Waals surface area contributed by atoms with Crippen molar-refractivity contribution in [3.05, 3.63) is 99.2 Å². The number of aromatic hydroxyl groups is 2. The maximum absolute atomic E-state index is 13.6. The second-order valence-electron chi connectivity index (χ2n) is 9.27. The lowest BCUT2D eigenvalue weighted by molar-refractivity contribution is 0.282. The van der Waals surface area contributed by atoms with Gasteiger partial charge in [-0.1, -0.05) is 12.1 Å².